The van der Waals surface area contributed by atoms with E-state index in [9.17, 15) is 8.78 Å². The van der Waals surface area contributed by atoms with Gasteiger partial charge >= 0.3 is 0 Å². The van der Waals surface area contributed by atoms with Crippen LogP contribution in [-0.2, 0) is 0 Å². The van der Waals surface area contributed by atoms with E-state index >= 15 is 0 Å². The van der Waals surface area contributed by atoms with Gasteiger partial charge in [0, 0.05) is 17.7 Å². The minimum Gasteiger partial charge on any atom is -0.497 e. The van der Waals surface area contributed by atoms with Crippen LogP contribution in [0.5, 0.6) is 5.75 Å². The topological polar surface area (TPSA) is 52.3 Å². The SMILES string of the molecule is COc1cc(F)c2nnc3c(C)nc(-c4ccc(F)cc4C)n3c2c1. The van der Waals surface area contributed by atoms with E-state index < -0.39 is 5.82 Å². The third-order valence-electron chi connectivity index (χ3n) is 4.19. The number of nitrogens with zero attached hydrogens (tertiary/aromatic N) is 4. The van der Waals surface area contributed by atoms with Gasteiger partial charge in [-0.1, -0.05) is 0 Å². The number of hydrogen-bond donors (Lipinski definition) is 0. The van der Waals surface area contributed by atoms with Gasteiger partial charge in [0.05, 0.1) is 18.3 Å². The first-order valence-corrected chi connectivity index (χ1v) is 7.65. The molecule has 0 spiro atoms. The number of halogens is 2. The van der Waals surface area contributed by atoms with Gasteiger partial charge in [-0.3, -0.25) is 4.40 Å². The fourth-order valence-corrected chi connectivity index (χ4v) is 2.97. The molecule has 0 aliphatic heterocycles. The Morgan fingerprint density at radius 3 is 2.56 bits per heavy atom. The van der Waals surface area contributed by atoms with Crippen LogP contribution < -0.4 is 4.74 Å². The van der Waals surface area contributed by atoms with Crippen LogP contribution in [0.3, 0.4) is 0 Å². The molecule has 0 aliphatic rings. The molecule has 0 unspecified atom stereocenters. The Bertz CT molecular complexity index is 1140. The minimum absolute atomic E-state index is 0.117. The van der Waals surface area contributed by atoms with Gasteiger partial charge in [0.15, 0.2) is 11.5 Å². The predicted octanol–water partition coefficient (Wildman–Crippen LogP) is 3.85. The average molecular weight is 340 g/mol. The van der Waals surface area contributed by atoms with Crippen LogP contribution >= 0.6 is 0 Å². The first-order chi connectivity index (χ1) is 12.0. The highest BCUT2D eigenvalue weighted by molar-refractivity contribution is 5.82. The molecule has 25 heavy (non-hydrogen) atoms. The van der Waals surface area contributed by atoms with E-state index in [0.29, 0.717) is 28.4 Å². The van der Waals surface area contributed by atoms with Crippen LogP contribution in [0.15, 0.2) is 30.3 Å². The second-order valence-corrected chi connectivity index (χ2v) is 5.82. The van der Waals surface area contributed by atoms with Crippen molar-refractivity contribution >= 4 is 16.7 Å². The van der Waals surface area contributed by atoms with Gasteiger partial charge in [-0.25, -0.2) is 13.8 Å². The van der Waals surface area contributed by atoms with Crippen molar-refractivity contribution in [2.45, 2.75) is 13.8 Å². The van der Waals surface area contributed by atoms with Crippen LogP contribution in [0, 0.1) is 25.5 Å². The third-order valence-corrected chi connectivity index (χ3v) is 4.19. The number of aryl methyl sites for hydroxylation is 2. The summed E-state index contributed by atoms with van der Waals surface area (Å²) in [4.78, 5) is 4.56. The van der Waals surface area contributed by atoms with Crippen LogP contribution in [-0.4, -0.2) is 26.7 Å². The fourth-order valence-electron chi connectivity index (χ4n) is 2.97. The summed E-state index contributed by atoms with van der Waals surface area (Å²) < 4.78 is 34.7. The number of hydrogen-bond acceptors (Lipinski definition) is 4. The molecule has 0 amide bonds. The summed E-state index contributed by atoms with van der Waals surface area (Å²) in [5, 5.41) is 8.10. The maximum absolute atomic E-state index is 14.4. The van der Waals surface area contributed by atoms with Gasteiger partial charge in [0.1, 0.15) is 22.9 Å². The van der Waals surface area contributed by atoms with Crippen molar-refractivity contribution in [3.8, 4) is 17.1 Å². The second-order valence-electron chi connectivity index (χ2n) is 5.82. The maximum atomic E-state index is 14.4. The summed E-state index contributed by atoms with van der Waals surface area (Å²) in [6.45, 7) is 3.60. The average Bonchev–Trinajstić information content (AvgIpc) is 2.92. The zero-order valence-electron chi connectivity index (χ0n) is 13.8. The normalized spacial score (nSPS) is 11.4. The van der Waals surface area contributed by atoms with Crippen molar-refractivity contribution in [3.63, 3.8) is 0 Å². The van der Waals surface area contributed by atoms with E-state index in [2.05, 4.69) is 15.2 Å². The van der Waals surface area contributed by atoms with Gasteiger partial charge in [-0.05, 0) is 37.6 Å². The number of rotatable bonds is 2. The van der Waals surface area contributed by atoms with Crippen LogP contribution in [0.1, 0.15) is 11.3 Å². The molecule has 2 aromatic carbocycles. The molecule has 2 heterocycles. The Morgan fingerprint density at radius 1 is 1.04 bits per heavy atom. The molecule has 7 heteroatoms. The predicted molar refractivity (Wildman–Crippen MR) is 89.7 cm³/mol. The molecule has 5 nitrogen and oxygen atoms in total. The van der Waals surface area contributed by atoms with Crippen molar-refractivity contribution in [2.24, 2.45) is 0 Å². The molecule has 2 aromatic heterocycles. The Morgan fingerprint density at radius 2 is 1.84 bits per heavy atom. The van der Waals surface area contributed by atoms with Crippen molar-refractivity contribution < 1.29 is 13.5 Å². The monoisotopic (exact) mass is 340 g/mol. The smallest absolute Gasteiger partial charge is 0.183 e. The minimum atomic E-state index is -0.531. The maximum Gasteiger partial charge on any atom is 0.183 e. The number of methoxy groups -OCH3 is 1. The summed E-state index contributed by atoms with van der Waals surface area (Å²) in [6, 6.07) is 7.40. The summed E-state index contributed by atoms with van der Waals surface area (Å²) in [5.74, 6) is 0.0677. The third kappa shape index (κ3) is 2.31. The Balaban J connectivity index is 2.17. The molecule has 4 aromatic rings. The first-order valence-electron chi connectivity index (χ1n) is 7.65. The largest absolute Gasteiger partial charge is 0.497 e. The van der Waals surface area contributed by atoms with Crippen molar-refractivity contribution in [2.75, 3.05) is 7.11 Å². The molecule has 0 atom stereocenters. The van der Waals surface area contributed by atoms with Gasteiger partial charge in [0.25, 0.3) is 0 Å². The molecule has 0 saturated heterocycles. The van der Waals surface area contributed by atoms with E-state index in [-0.39, 0.29) is 11.3 Å². The van der Waals surface area contributed by atoms with Crippen LogP contribution in [0.4, 0.5) is 8.78 Å². The number of ether oxygens (including phenoxy) is 1. The quantitative estimate of drug-likeness (QED) is 0.556. The zero-order chi connectivity index (χ0) is 17.7. The van der Waals surface area contributed by atoms with E-state index in [1.54, 1.807) is 30.4 Å². The van der Waals surface area contributed by atoms with Gasteiger partial charge < -0.3 is 4.74 Å². The van der Waals surface area contributed by atoms with E-state index in [1.165, 1.54) is 25.3 Å². The highest BCUT2D eigenvalue weighted by Gasteiger charge is 2.18. The molecule has 0 radical (unpaired) electrons. The van der Waals surface area contributed by atoms with Gasteiger partial charge in [-0.15, -0.1) is 10.2 Å². The number of imidazole rings is 1. The lowest BCUT2D eigenvalue weighted by Crippen LogP contribution is -2.00. The molecule has 126 valence electrons. The molecule has 0 saturated carbocycles. The van der Waals surface area contributed by atoms with Crippen molar-refractivity contribution in [1.82, 2.24) is 19.6 Å². The summed E-state index contributed by atoms with van der Waals surface area (Å²) in [7, 11) is 1.47. The van der Waals surface area contributed by atoms with Crippen LogP contribution in [0.25, 0.3) is 28.1 Å². The molecule has 0 fully saturated rings. The standard InChI is InChI=1S/C18H14F2N4O/c1-9-6-11(19)4-5-13(9)18-21-10(2)17-23-22-16-14(20)7-12(25-3)8-15(16)24(17)18/h4-8H,1-3H3. The van der Waals surface area contributed by atoms with Gasteiger partial charge in [0.2, 0.25) is 0 Å². The van der Waals surface area contributed by atoms with E-state index in [4.69, 9.17) is 4.74 Å². The lowest BCUT2D eigenvalue weighted by Gasteiger charge is -2.09. The lowest BCUT2D eigenvalue weighted by atomic mass is 10.1. The number of fused-ring (bicyclic) bond motifs is 3. The molecule has 4 rings (SSSR count). The highest BCUT2D eigenvalue weighted by Crippen LogP contribution is 2.30. The molecule has 0 bridgehead atoms. The first kappa shape index (κ1) is 15.4. The summed E-state index contributed by atoms with van der Waals surface area (Å²) in [6.07, 6.45) is 0. The molecule has 0 N–H and O–H groups in total. The summed E-state index contributed by atoms with van der Waals surface area (Å²) in [5.41, 5.74) is 3.23. The summed E-state index contributed by atoms with van der Waals surface area (Å²) >= 11 is 0. The zero-order valence-corrected chi connectivity index (χ0v) is 13.8. The molecular weight excluding hydrogens is 326 g/mol. The molecular formula is C18H14F2N4O. The highest BCUT2D eigenvalue weighted by atomic mass is 19.1. The fraction of sp³-hybridized carbons (Fsp3) is 0.167. The molecule has 0 aliphatic carbocycles. The second kappa shape index (κ2) is 5.47. The van der Waals surface area contributed by atoms with E-state index in [1.807, 2.05) is 0 Å². The van der Waals surface area contributed by atoms with E-state index in [0.717, 1.165) is 11.1 Å². The van der Waals surface area contributed by atoms with Crippen LogP contribution in [0.2, 0.25) is 0 Å². The van der Waals surface area contributed by atoms with Gasteiger partial charge in [-0.2, -0.15) is 0 Å². The van der Waals surface area contributed by atoms with Crippen molar-refractivity contribution in [3.05, 3.63) is 53.2 Å². The van der Waals surface area contributed by atoms with Crippen molar-refractivity contribution in [1.29, 1.82) is 0 Å². The number of benzene rings is 2. The lowest BCUT2D eigenvalue weighted by molar-refractivity contribution is 0.412. The Kier molecular flexibility index (Phi) is 3.38. The Hall–Kier alpha value is -3.09. The number of aromatic nitrogens is 4. The Labute approximate surface area is 141 Å².